The highest BCUT2D eigenvalue weighted by Crippen LogP contribution is 2.37. The molecule has 4 rings (SSSR count). The Labute approximate surface area is 255 Å². The van der Waals surface area contributed by atoms with Crippen LogP contribution in [0, 0.1) is 6.92 Å². The molecule has 3 aromatic carbocycles. The minimum Gasteiger partial charge on any atom is -0.477 e. The van der Waals surface area contributed by atoms with Crippen LogP contribution < -0.4 is 4.74 Å². The standard InChI is InChI=1S/C29H29ClF3N3O.C2HF3O2/c1-21-18-27(35-34-21)37-17-9-16-36(19-24-14-8-15-26(28(24)30)29(31,32)33)20-25(22-10-4-2-5-11-22)23-12-6-3-7-13-23;3-2(4,5)1(6)7/h2-8,10-15,18,25H,9,16-17,19-20H2,1H3,(H,34,35);(H,6,7). The molecule has 0 amide bonds. The topological polar surface area (TPSA) is 78.5 Å². The Hall–Kier alpha value is -4.03. The summed E-state index contributed by atoms with van der Waals surface area (Å²) in [6, 6.07) is 26.2. The van der Waals surface area contributed by atoms with Crippen LogP contribution in [0.4, 0.5) is 26.3 Å². The van der Waals surface area contributed by atoms with Gasteiger partial charge in [0.2, 0.25) is 5.88 Å². The highest BCUT2D eigenvalue weighted by Gasteiger charge is 2.38. The molecule has 236 valence electrons. The van der Waals surface area contributed by atoms with E-state index < -0.39 is 23.9 Å². The second kappa shape index (κ2) is 15.6. The number of aryl methyl sites for hydroxylation is 1. The predicted octanol–water partition coefficient (Wildman–Crippen LogP) is 8.13. The number of H-pyrrole nitrogens is 1. The molecule has 0 fully saturated rings. The summed E-state index contributed by atoms with van der Waals surface area (Å²) in [5, 5.41) is 13.8. The lowest BCUT2D eigenvalue weighted by Gasteiger charge is -2.29. The maximum atomic E-state index is 13.5. The second-order valence-electron chi connectivity index (χ2n) is 9.78. The van der Waals surface area contributed by atoms with Gasteiger partial charge in [0.05, 0.1) is 17.2 Å². The fourth-order valence-electron chi connectivity index (χ4n) is 4.36. The van der Waals surface area contributed by atoms with E-state index >= 15 is 0 Å². The Bertz CT molecular complexity index is 1420. The molecule has 0 aliphatic rings. The summed E-state index contributed by atoms with van der Waals surface area (Å²) in [4.78, 5) is 11.0. The van der Waals surface area contributed by atoms with Crippen molar-refractivity contribution in [1.82, 2.24) is 15.1 Å². The molecule has 1 aromatic heterocycles. The van der Waals surface area contributed by atoms with Gasteiger partial charge in [0, 0.05) is 37.3 Å². The van der Waals surface area contributed by atoms with Crippen LogP contribution in [0.3, 0.4) is 0 Å². The zero-order valence-corrected chi connectivity index (χ0v) is 24.3. The lowest BCUT2D eigenvalue weighted by atomic mass is 9.90. The third-order valence-electron chi connectivity index (χ3n) is 6.42. The average Bonchev–Trinajstić information content (AvgIpc) is 3.39. The number of benzene rings is 3. The molecule has 0 atom stereocenters. The van der Waals surface area contributed by atoms with E-state index in [1.54, 1.807) is 6.07 Å². The Morgan fingerprint density at radius 2 is 1.52 bits per heavy atom. The SMILES string of the molecule is Cc1cc(OCCCN(Cc2cccc(C(F)(F)F)c2Cl)CC(c2ccccc2)c2ccccc2)n[nH]1.O=C(O)C(F)(F)F. The fraction of sp³-hybridized carbons (Fsp3) is 0.290. The van der Waals surface area contributed by atoms with E-state index in [9.17, 15) is 26.3 Å². The summed E-state index contributed by atoms with van der Waals surface area (Å²) in [6.07, 6.45) is -8.93. The number of carboxylic acids is 1. The summed E-state index contributed by atoms with van der Waals surface area (Å²) in [7, 11) is 0. The fourth-order valence-corrected chi connectivity index (χ4v) is 4.65. The van der Waals surface area contributed by atoms with Crippen molar-refractivity contribution in [2.24, 2.45) is 0 Å². The largest absolute Gasteiger partial charge is 0.490 e. The van der Waals surface area contributed by atoms with Crippen LogP contribution >= 0.6 is 11.6 Å². The maximum Gasteiger partial charge on any atom is 0.490 e. The molecule has 0 bridgehead atoms. The van der Waals surface area contributed by atoms with Gasteiger partial charge in [0.1, 0.15) is 0 Å². The average molecular weight is 642 g/mol. The molecule has 0 aliphatic carbocycles. The molecule has 0 aliphatic heterocycles. The lowest BCUT2D eigenvalue weighted by Crippen LogP contribution is -2.31. The molecule has 13 heteroatoms. The normalized spacial score (nSPS) is 11.8. The number of nitrogens with zero attached hydrogens (tertiary/aromatic N) is 2. The van der Waals surface area contributed by atoms with Crippen molar-refractivity contribution in [2.75, 3.05) is 19.7 Å². The molecule has 0 unspecified atom stereocenters. The number of carboxylic acid groups (broad SMARTS) is 1. The van der Waals surface area contributed by atoms with Gasteiger partial charge in [0.15, 0.2) is 0 Å². The van der Waals surface area contributed by atoms with Crippen LogP contribution in [-0.4, -0.2) is 52.0 Å². The molecule has 44 heavy (non-hydrogen) atoms. The molecule has 1 heterocycles. The number of aromatic nitrogens is 2. The first-order valence-electron chi connectivity index (χ1n) is 13.4. The third-order valence-corrected chi connectivity index (χ3v) is 6.86. The van der Waals surface area contributed by atoms with Gasteiger partial charge < -0.3 is 9.84 Å². The van der Waals surface area contributed by atoms with Crippen molar-refractivity contribution >= 4 is 17.6 Å². The summed E-state index contributed by atoms with van der Waals surface area (Å²) in [5.41, 5.74) is 2.81. The Balaban J connectivity index is 0.000000676. The van der Waals surface area contributed by atoms with Crippen molar-refractivity contribution < 1.29 is 41.0 Å². The molecular weight excluding hydrogens is 612 g/mol. The van der Waals surface area contributed by atoms with Crippen LogP contribution in [0.1, 0.15) is 40.3 Å². The van der Waals surface area contributed by atoms with Gasteiger partial charge in [0.25, 0.3) is 0 Å². The number of aromatic amines is 1. The van der Waals surface area contributed by atoms with Gasteiger partial charge >= 0.3 is 18.3 Å². The van der Waals surface area contributed by atoms with Crippen LogP contribution in [0.25, 0.3) is 0 Å². The molecule has 0 radical (unpaired) electrons. The first kappa shape index (κ1) is 34.5. The number of ether oxygens (including phenoxy) is 1. The number of rotatable bonds is 11. The number of carbonyl (C=O) groups is 1. The van der Waals surface area contributed by atoms with Crippen LogP contribution in [0.2, 0.25) is 5.02 Å². The molecule has 4 aromatic rings. The van der Waals surface area contributed by atoms with Gasteiger partial charge in [-0.15, -0.1) is 5.10 Å². The van der Waals surface area contributed by atoms with E-state index in [2.05, 4.69) is 39.4 Å². The van der Waals surface area contributed by atoms with Crippen LogP contribution in [0.15, 0.2) is 84.9 Å². The van der Waals surface area contributed by atoms with E-state index in [4.69, 9.17) is 26.2 Å². The number of alkyl halides is 6. The maximum absolute atomic E-state index is 13.5. The Kier molecular flexibility index (Phi) is 12.2. The third kappa shape index (κ3) is 10.6. The van der Waals surface area contributed by atoms with Crippen molar-refractivity contribution in [3.8, 4) is 5.88 Å². The summed E-state index contributed by atoms with van der Waals surface area (Å²) < 4.78 is 78.0. The molecule has 0 spiro atoms. The monoisotopic (exact) mass is 641 g/mol. The number of hydrogen-bond acceptors (Lipinski definition) is 4. The van der Waals surface area contributed by atoms with Gasteiger partial charge in [-0.05, 0) is 36.1 Å². The number of nitrogens with one attached hydrogen (secondary N) is 1. The summed E-state index contributed by atoms with van der Waals surface area (Å²) in [6.45, 7) is 3.81. The number of aliphatic carboxylic acids is 1. The minimum atomic E-state index is -5.08. The molecule has 2 N–H and O–H groups in total. The highest BCUT2D eigenvalue weighted by molar-refractivity contribution is 6.32. The van der Waals surface area contributed by atoms with E-state index in [0.717, 1.165) is 22.9 Å². The van der Waals surface area contributed by atoms with Gasteiger partial charge in [-0.1, -0.05) is 84.4 Å². The first-order valence-corrected chi connectivity index (χ1v) is 13.7. The highest BCUT2D eigenvalue weighted by atomic mass is 35.5. The van der Waals surface area contributed by atoms with Gasteiger partial charge in [-0.3, -0.25) is 10.00 Å². The predicted molar refractivity (Wildman–Crippen MR) is 154 cm³/mol. The van der Waals surface area contributed by atoms with Crippen molar-refractivity contribution in [2.45, 2.75) is 38.2 Å². The quantitative estimate of drug-likeness (QED) is 0.128. The van der Waals surface area contributed by atoms with E-state index in [1.807, 2.05) is 49.4 Å². The Morgan fingerprint density at radius 3 is 2.00 bits per heavy atom. The molecule has 0 saturated carbocycles. The van der Waals surface area contributed by atoms with E-state index in [0.29, 0.717) is 37.6 Å². The number of halogens is 7. The summed E-state index contributed by atoms with van der Waals surface area (Å²) >= 11 is 6.27. The molecule has 6 nitrogen and oxygen atoms in total. The molecule has 0 saturated heterocycles. The van der Waals surface area contributed by atoms with Gasteiger partial charge in [-0.2, -0.15) is 26.3 Å². The van der Waals surface area contributed by atoms with Crippen LogP contribution in [-0.2, 0) is 17.5 Å². The number of hydrogen-bond donors (Lipinski definition) is 2. The first-order chi connectivity index (χ1) is 20.8. The van der Waals surface area contributed by atoms with Crippen molar-refractivity contribution in [3.63, 3.8) is 0 Å². The van der Waals surface area contributed by atoms with Gasteiger partial charge in [-0.25, -0.2) is 4.79 Å². The Morgan fingerprint density at radius 1 is 0.955 bits per heavy atom. The minimum absolute atomic E-state index is 0.0295. The van der Waals surface area contributed by atoms with Crippen molar-refractivity contribution in [3.05, 3.63) is 118 Å². The lowest BCUT2D eigenvalue weighted by molar-refractivity contribution is -0.192. The second-order valence-corrected chi connectivity index (χ2v) is 10.2. The smallest absolute Gasteiger partial charge is 0.477 e. The van der Waals surface area contributed by atoms with Crippen LogP contribution in [0.5, 0.6) is 5.88 Å². The van der Waals surface area contributed by atoms with E-state index in [-0.39, 0.29) is 17.5 Å². The zero-order valence-electron chi connectivity index (χ0n) is 23.5. The zero-order chi connectivity index (χ0) is 32.3. The van der Waals surface area contributed by atoms with Crippen molar-refractivity contribution in [1.29, 1.82) is 0 Å². The summed E-state index contributed by atoms with van der Waals surface area (Å²) in [5.74, 6) is -2.20. The van der Waals surface area contributed by atoms with E-state index in [1.165, 1.54) is 6.07 Å². The molecular formula is C31H30ClF6N3O3.